The number of ether oxygens (including phenoxy) is 3. The van der Waals surface area contributed by atoms with Crippen LogP contribution in [-0.2, 0) is 10.2 Å². The van der Waals surface area contributed by atoms with Gasteiger partial charge in [-0.2, -0.15) is 0 Å². The van der Waals surface area contributed by atoms with Gasteiger partial charge in [-0.25, -0.2) is 0 Å². The Morgan fingerprint density at radius 2 is 1.52 bits per heavy atom. The molecule has 2 N–H and O–H groups in total. The Kier molecular flexibility index (Phi) is 8.30. The molecule has 0 aliphatic carbocycles. The molecule has 2 aromatic carbocycles. The number of benzene rings is 2. The molecule has 0 saturated carbocycles. The van der Waals surface area contributed by atoms with E-state index in [1.54, 1.807) is 18.2 Å². The van der Waals surface area contributed by atoms with Crippen LogP contribution in [0.4, 0.5) is 0 Å². The molecule has 0 radical (unpaired) electrons. The van der Waals surface area contributed by atoms with E-state index in [9.17, 15) is 9.59 Å². The van der Waals surface area contributed by atoms with Crippen molar-refractivity contribution >= 4 is 11.8 Å². The van der Waals surface area contributed by atoms with Crippen molar-refractivity contribution < 1.29 is 23.8 Å². The summed E-state index contributed by atoms with van der Waals surface area (Å²) in [5.41, 5.74) is 2.42. The lowest BCUT2D eigenvalue weighted by atomic mass is 9.85. The van der Waals surface area contributed by atoms with Gasteiger partial charge in [0.15, 0.2) is 6.61 Å². The quantitative estimate of drug-likeness (QED) is 0.599. The van der Waals surface area contributed by atoms with Crippen molar-refractivity contribution in [3.05, 3.63) is 53.1 Å². The molecule has 0 bridgehead atoms. The Labute approximate surface area is 184 Å². The molecule has 0 spiro atoms. The summed E-state index contributed by atoms with van der Waals surface area (Å²) in [4.78, 5) is 24.7. The first-order valence-electron chi connectivity index (χ1n) is 10.2. The van der Waals surface area contributed by atoms with Crippen LogP contribution in [-0.4, -0.2) is 45.7 Å². The second-order valence-corrected chi connectivity index (χ2v) is 8.18. The van der Waals surface area contributed by atoms with Crippen molar-refractivity contribution in [2.45, 2.75) is 33.1 Å². The minimum atomic E-state index is -0.339. The summed E-state index contributed by atoms with van der Waals surface area (Å²) in [7, 11) is 2.98. The van der Waals surface area contributed by atoms with Gasteiger partial charge >= 0.3 is 0 Å². The average Bonchev–Trinajstić information content (AvgIpc) is 2.74. The molecule has 0 fully saturated rings. The molecule has 0 heterocycles. The number of carbonyl (C=O) groups excluding carboxylic acids is 2. The van der Waals surface area contributed by atoms with Gasteiger partial charge in [-0.15, -0.1) is 0 Å². The largest absolute Gasteiger partial charge is 0.496 e. The fourth-order valence-corrected chi connectivity index (χ4v) is 3.09. The summed E-state index contributed by atoms with van der Waals surface area (Å²) < 4.78 is 16.2. The summed E-state index contributed by atoms with van der Waals surface area (Å²) in [6, 6.07) is 11.1. The molecule has 31 heavy (non-hydrogen) atoms. The minimum Gasteiger partial charge on any atom is -0.496 e. The molecule has 7 nitrogen and oxygen atoms in total. The minimum absolute atomic E-state index is 0.0956. The van der Waals surface area contributed by atoms with Gasteiger partial charge in [0.1, 0.15) is 22.8 Å². The predicted octanol–water partition coefficient (Wildman–Crippen LogP) is 3.23. The normalized spacial score (nSPS) is 10.9. The zero-order valence-corrected chi connectivity index (χ0v) is 19.1. The van der Waals surface area contributed by atoms with Gasteiger partial charge in [0, 0.05) is 13.1 Å². The summed E-state index contributed by atoms with van der Waals surface area (Å²) in [5, 5.41) is 5.50. The molecule has 2 aromatic rings. The van der Waals surface area contributed by atoms with Crippen LogP contribution in [0, 0.1) is 6.92 Å². The zero-order chi connectivity index (χ0) is 23.0. The van der Waals surface area contributed by atoms with Crippen molar-refractivity contribution in [1.82, 2.24) is 10.6 Å². The number of nitrogens with one attached hydrogen (secondary N) is 2. The topological polar surface area (TPSA) is 85.9 Å². The summed E-state index contributed by atoms with van der Waals surface area (Å²) in [5.74, 6) is 0.938. The third-order valence-electron chi connectivity index (χ3n) is 4.69. The van der Waals surface area contributed by atoms with E-state index in [-0.39, 0.29) is 36.9 Å². The van der Waals surface area contributed by atoms with Gasteiger partial charge in [0.2, 0.25) is 0 Å². The Balaban J connectivity index is 1.85. The third-order valence-corrected chi connectivity index (χ3v) is 4.69. The second kappa shape index (κ2) is 10.7. The SMILES string of the molecule is COc1cccc(OC)c1C(=O)NCCNC(=O)COc1ccc(C)cc1C(C)(C)C. The second-order valence-electron chi connectivity index (χ2n) is 8.18. The fourth-order valence-electron chi connectivity index (χ4n) is 3.09. The Bertz CT molecular complexity index is 896. The lowest BCUT2D eigenvalue weighted by molar-refractivity contribution is -0.123. The van der Waals surface area contributed by atoms with Crippen molar-refractivity contribution in [2.75, 3.05) is 33.9 Å². The van der Waals surface area contributed by atoms with Gasteiger partial charge in [-0.3, -0.25) is 9.59 Å². The van der Waals surface area contributed by atoms with E-state index in [2.05, 4.69) is 37.5 Å². The number of hydrogen-bond acceptors (Lipinski definition) is 5. The highest BCUT2D eigenvalue weighted by Crippen LogP contribution is 2.32. The maximum atomic E-state index is 12.5. The molecule has 0 aliphatic rings. The molecular formula is C24H32N2O5. The summed E-state index contributed by atoms with van der Waals surface area (Å²) in [6.07, 6.45) is 0. The fraction of sp³-hybridized carbons (Fsp3) is 0.417. The molecule has 2 amide bonds. The molecular weight excluding hydrogens is 396 g/mol. The van der Waals surface area contributed by atoms with Crippen LogP contribution in [0.2, 0.25) is 0 Å². The van der Waals surface area contributed by atoms with E-state index in [1.165, 1.54) is 14.2 Å². The van der Waals surface area contributed by atoms with Crippen LogP contribution in [0.1, 0.15) is 42.3 Å². The van der Waals surface area contributed by atoms with Crippen molar-refractivity contribution in [1.29, 1.82) is 0 Å². The number of amides is 2. The van der Waals surface area contributed by atoms with E-state index in [0.717, 1.165) is 11.1 Å². The molecule has 0 aromatic heterocycles. The number of carbonyl (C=O) groups is 2. The van der Waals surface area contributed by atoms with E-state index in [1.807, 2.05) is 19.1 Å². The lowest BCUT2D eigenvalue weighted by Gasteiger charge is -2.23. The van der Waals surface area contributed by atoms with Crippen LogP contribution in [0.15, 0.2) is 36.4 Å². The summed E-state index contributed by atoms with van der Waals surface area (Å²) >= 11 is 0. The predicted molar refractivity (Wildman–Crippen MR) is 120 cm³/mol. The average molecular weight is 429 g/mol. The van der Waals surface area contributed by atoms with Crippen LogP contribution in [0.5, 0.6) is 17.2 Å². The van der Waals surface area contributed by atoms with Crippen LogP contribution < -0.4 is 24.8 Å². The number of hydrogen-bond donors (Lipinski definition) is 2. The number of methoxy groups -OCH3 is 2. The molecule has 0 unspecified atom stereocenters. The lowest BCUT2D eigenvalue weighted by Crippen LogP contribution is -2.37. The van der Waals surface area contributed by atoms with E-state index in [4.69, 9.17) is 14.2 Å². The molecule has 0 saturated heterocycles. The van der Waals surface area contributed by atoms with Crippen molar-refractivity contribution in [3.8, 4) is 17.2 Å². The van der Waals surface area contributed by atoms with Gasteiger partial charge in [0.05, 0.1) is 14.2 Å². The van der Waals surface area contributed by atoms with Crippen LogP contribution in [0.25, 0.3) is 0 Å². The standard InChI is InChI=1S/C24H32N2O5/c1-16-10-11-18(17(14-16)24(2,3)4)31-15-21(27)25-12-13-26-23(28)22-19(29-5)8-7-9-20(22)30-6/h7-11,14H,12-13,15H2,1-6H3,(H,25,27)(H,26,28). The highest BCUT2D eigenvalue weighted by atomic mass is 16.5. The van der Waals surface area contributed by atoms with Crippen LogP contribution >= 0.6 is 0 Å². The van der Waals surface area contributed by atoms with E-state index in [0.29, 0.717) is 22.8 Å². The van der Waals surface area contributed by atoms with Gasteiger partial charge in [0.25, 0.3) is 11.8 Å². The van der Waals surface area contributed by atoms with E-state index >= 15 is 0 Å². The molecule has 7 heteroatoms. The maximum absolute atomic E-state index is 12.5. The van der Waals surface area contributed by atoms with Gasteiger partial charge in [-0.05, 0) is 36.1 Å². The Hall–Kier alpha value is -3.22. The maximum Gasteiger partial charge on any atom is 0.258 e. The Morgan fingerprint density at radius 1 is 0.903 bits per heavy atom. The Morgan fingerprint density at radius 3 is 2.10 bits per heavy atom. The zero-order valence-electron chi connectivity index (χ0n) is 19.1. The monoisotopic (exact) mass is 428 g/mol. The van der Waals surface area contributed by atoms with Crippen molar-refractivity contribution in [3.63, 3.8) is 0 Å². The highest BCUT2D eigenvalue weighted by Gasteiger charge is 2.20. The molecule has 168 valence electrons. The van der Waals surface area contributed by atoms with E-state index < -0.39 is 0 Å². The number of rotatable bonds is 9. The number of aryl methyl sites for hydroxylation is 1. The first-order chi connectivity index (χ1) is 14.7. The first-order valence-corrected chi connectivity index (χ1v) is 10.2. The first kappa shape index (κ1) is 24.1. The van der Waals surface area contributed by atoms with Gasteiger partial charge in [-0.1, -0.05) is 44.5 Å². The van der Waals surface area contributed by atoms with Crippen LogP contribution in [0.3, 0.4) is 0 Å². The third kappa shape index (κ3) is 6.64. The highest BCUT2D eigenvalue weighted by molar-refractivity contribution is 5.99. The van der Waals surface area contributed by atoms with Gasteiger partial charge < -0.3 is 24.8 Å². The molecule has 0 aliphatic heterocycles. The smallest absolute Gasteiger partial charge is 0.258 e. The molecule has 0 atom stereocenters. The summed E-state index contributed by atoms with van der Waals surface area (Å²) in [6.45, 7) is 8.77. The molecule has 2 rings (SSSR count). The van der Waals surface area contributed by atoms with Crippen molar-refractivity contribution in [2.24, 2.45) is 0 Å².